The minimum absolute atomic E-state index is 0.0521. The first-order valence-corrected chi connectivity index (χ1v) is 11.6. The van der Waals surface area contributed by atoms with E-state index in [1.54, 1.807) is 37.4 Å². The molecule has 3 aromatic rings. The van der Waals surface area contributed by atoms with Gasteiger partial charge in [-0.1, -0.05) is 31.2 Å². The lowest BCUT2D eigenvalue weighted by Crippen LogP contribution is -2.29. The van der Waals surface area contributed by atoms with Crippen molar-refractivity contribution in [1.29, 1.82) is 0 Å². The molecule has 1 unspecified atom stereocenters. The van der Waals surface area contributed by atoms with Gasteiger partial charge in [-0.25, -0.2) is 0 Å². The number of rotatable bonds is 7. The summed E-state index contributed by atoms with van der Waals surface area (Å²) >= 11 is 0. The van der Waals surface area contributed by atoms with Crippen LogP contribution in [0.5, 0.6) is 11.5 Å². The standard InChI is InChI=1S/C29H29NO5/c1-5-16-35-24-12-8-20(9-13-24)26-25(27(31)21-7-6-18(2)19(3)17-21)28(32)29(33)30(26)22-10-14-23(34-4)15-11-22/h6-15,17,26,31H,5,16H2,1-4H3/b27-25-. The van der Waals surface area contributed by atoms with E-state index in [-0.39, 0.29) is 11.3 Å². The summed E-state index contributed by atoms with van der Waals surface area (Å²) in [4.78, 5) is 28.0. The number of hydrogen-bond donors (Lipinski definition) is 1. The van der Waals surface area contributed by atoms with E-state index >= 15 is 0 Å². The van der Waals surface area contributed by atoms with Gasteiger partial charge in [0.25, 0.3) is 11.7 Å². The number of nitrogens with zero attached hydrogens (tertiary/aromatic N) is 1. The number of amides is 1. The molecule has 1 saturated heterocycles. The number of ether oxygens (including phenoxy) is 2. The van der Waals surface area contributed by atoms with Crippen molar-refractivity contribution in [2.24, 2.45) is 0 Å². The van der Waals surface area contributed by atoms with Crippen LogP contribution in [0.2, 0.25) is 0 Å². The topological polar surface area (TPSA) is 76.1 Å². The van der Waals surface area contributed by atoms with Crippen LogP contribution in [0.1, 0.15) is 41.6 Å². The van der Waals surface area contributed by atoms with Crippen LogP contribution in [0.15, 0.2) is 72.3 Å². The Kier molecular flexibility index (Phi) is 6.92. The quantitative estimate of drug-likeness (QED) is 0.271. The van der Waals surface area contributed by atoms with Crippen molar-refractivity contribution in [3.8, 4) is 11.5 Å². The predicted octanol–water partition coefficient (Wildman–Crippen LogP) is 5.73. The molecule has 6 heteroatoms. The van der Waals surface area contributed by atoms with E-state index < -0.39 is 17.7 Å². The summed E-state index contributed by atoms with van der Waals surface area (Å²) in [5.74, 6) is -0.288. The molecule has 0 bridgehead atoms. The molecule has 6 nitrogen and oxygen atoms in total. The molecular formula is C29H29NO5. The summed E-state index contributed by atoms with van der Waals surface area (Å²) in [6.07, 6.45) is 0.884. The second-order valence-electron chi connectivity index (χ2n) is 8.58. The lowest BCUT2D eigenvalue weighted by atomic mass is 9.94. The van der Waals surface area contributed by atoms with Gasteiger partial charge in [0.15, 0.2) is 0 Å². The van der Waals surface area contributed by atoms with Crippen LogP contribution in [-0.4, -0.2) is 30.5 Å². The first kappa shape index (κ1) is 24.1. The van der Waals surface area contributed by atoms with Gasteiger partial charge in [0.05, 0.1) is 25.3 Å². The summed E-state index contributed by atoms with van der Waals surface area (Å²) in [5.41, 5.74) is 3.81. The van der Waals surface area contributed by atoms with E-state index in [4.69, 9.17) is 9.47 Å². The van der Waals surface area contributed by atoms with Crippen molar-refractivity contribution in [1.82, 2.24) is 0 Å². The fraction of sp³-hybridized carbons (Fsp3) is 0.241. The zero-order chi connectivity index (χ0) is 25.1. The Morgan fingerprint density at radius 2 is 1.57 bits per heavy atom. The van der Waals surface area contributed by atoms with Gasteiger partial charge in [0.2, 0.25) is 0 Å². The summed E-state index contributed by atoms with van der Waals surface area (Å²) in [6, 6.07) is 18.9. The summed E-state index contributed by atoms with van der Waals surface area (Å²) in [7, 11) is 1.56. The van der Waals surface area contributed by atoms with Crippen molar-refractivity contribution < 1.29 is 24.2 Å². The minimum Gasteiger partial charge on any atom is -0.507 e. The number of carbonyl (C=O) groups excluding carboxylic acids is 2. The SMILES string of the molecule is CCCOc1ccc(C2/C(=C(/O)c3ccc(C)c(C)c3)C(=O)C(=O)N2c2ccc(OC)cc2)cc1. The maximum absolute atomic E-state index is 13.3. The van der Waals surface area contributed by atoms with E-state index in [0.717, 1.165) is 17.5 Å². The summed E-state index contributed by atoms with van der Waals surface area (Å²) < 4.78 is 10.9. The summed E-state index contributed by atoms with van der Waals surface area (Å²) in [5, 5.41) is 11.3. The number of benzene rings is 3. The Morgan fingerprint density at radius 1 is 0.914 bits per heavy atom. The lowest BCUT2D eigenvalue weighted by molar-refractivity contribution is -0.132. The number of carbonyl (C=O) groups is 2. The average molecular weight is 472 g/mol. The highest BCUT2D eigenvalue weighted by Crippen LogP contribution is 2.42. The third-order valence-corrected chi connectivity index (χ3v) is 6.24. The normalized spacial score (nSPS) is 17.0. The van der Waals surface area contributed by atoms with E-state index in [1.165, 1.54) is 4.90 Å². The van der Waals surface area contributed by atoms with Gasteiger partial charge in [-0.05, 0) is 79.4 Å². The van der Waals surface area contributed by atoms with Gasteiger partial charge in [0.1, 0.15) is 17.3 Å². The highest BCUT2D eigenvalue weighted by Gasteiger charge is 2.47. The highest BCUT2D eigenvalue weighted by molar-refractivity contribution is 6.51. The third kappa shape index (κ3) is 4.64. The number of anilines is 1. The first-order chi connectivity index (χ1) is 16.8. The molecule has 180 valence electrons. The molecule has 0 saturated carbocycles. The van der Waals surface area contributed by atoms with Crippen LogP contribution < -0.4 is 14.4 Å². The number of aliphatic hydroxyl groups is 1. The number of hydrogen-bond acceptors (Lipinski definition) is 5. The van der Waals surface area contributed by atoms with Crippen LogP contribution in [0.4, 0.5) is 5.69 Å². The maximum atomic E-state index is 13.3. The molecule has 1 fully saturated rings. The fourth-order valence-corrected chi connectivity index (χ4v) is 4.17. The van der Waals surface area contributed by atoms with Crippen molar-refractivity contribution >= 4 is 23.1 Å². The molecule has 35 heavy (non-hydrogen) atoms. The van der Waals surface area contributed by atoms with Crippen LogP contribution in [0.25, 0.3) is 5.76 Å². The van der Waals surface area contributed by atoms with Crippen LogP contribution in [-0.2, 0) is 9.59 Å². The molecular weight excluding hydrogens is 442 g/mol. The molecule has 0 spiro atoms. The Balaban J connectivity index is 1.87. The molecule has 1 N–H and O–H groups in total. The van der Waals surface area contributed by atoms with E-state index in [9.17, 15) is 14.7 Å². The second kappa shape index (κ2) is 10.1. The number of aliphatic hydroxyl groups excluding tert-OH is 1. The van der Waals surface area contributed by atoms with Crippen molar-refractivity contribution in [2.75, 3.05) is 18.6 Å². The van der Waals surface area contributed by atoms with Gasteiger partial charge in [-0.2, -0.15) is 0 Å². The molecule has 0 aliphatic carbocycles. The monoisotopic (exact) mass is 471 g/mol. The molecule has 4 rings (SSSR count). The van der Waals surface area contributed by atoms with Gasteiger partial charge < -0.3 is 14.6 Å². The Hall–Kier alpha value is -4.06. The Morgan fingerprint density at radius 3 is 2.17 bits per heavy atom. The lowest BCUT2D eigenvalue weighted by Gasteiger charge is -2.25. The van der Waals surface area contributed by atoms with Gasteiger partial charge in [-0.15, -0.1) is 0 Å². The smallest absolute Gasteiger partial charge is 0.300 e. The zero-order valence-corrected chi connectivity index (χ0v) is 20.4. The van der Waals surface area contributed by atoms with E-state index in [1.807, 2.05) is 57.2 Å². The van der Waals surface area contributed by atoms with Crippen molar-refractivity contribution in [2.45, 2.75) is 33.2 Å². The van der Waals surface area contributed by atoms with E-state index in [2.05, 4.69) is 0 Å². The number of methoxy groups -OCH3 is 1. The van der Waals surface area contributed by atoms with E-state index in [0.29, 0.717) is 34.9 Å². The maximum Gasteiger partial charge on any atom is 0.300 e. The van der Waals surface area contributed by atoms with Crippen LogP contribution >= 0.6 is 0 Å². The molecule has 0 radical (unpaired) electrons. The molecule has 1 heterocycles. The number of Topliss-reactive ketones (excluding diaryl/α,β-unsaturated/α-hetero) is 1. The van der Waals surface area contributed by atoms with Crippen molar-refractivity contribution in [3.63, 3.8) is 0 Å². The minimum atomic E-state index is -0.801. The fourth-order valence-electron chi connectivity index (χ4n) is 4.17. The highest BCUT2D eigenvalue weighted by atomic mass is 16.5. The Bertz CT molecular complexity index is 1280. The molecule has 0 aromatic heterocycles. The average Bonchev–Trinajstić information content (AvgIpc) is 3.14. The number of aryl methyl sites for hydroxylation is 2. The van der Waals surface area contributed by atoms with Crippen LogP contribution in [0, 0.1) is 13.8 Å². The third-order valence-electron chi connectivity index (χ3n) is 6.24. The molecule has 3 aromatic carbocycles. The molecule has 1 amide bonds. The molecule has 1 aliphatic heterocycles. The molecule has 1 atom stereocenters. The predicted molar refractivity (Wildman–Crippen MR) is 136 cm³/mol. The van der Waals surface area contributed by atoms with Crippen LogP contribution in [0.3, 0.4) is 0 Å². The Labute approximate surface area is 205 Å². The first-order valence-electron chi connectivity index (χ1n) is 11.6. The number of ketones is 1. The summed E-state index contributed by atoms with van der Waals surface area (Å²) in [6.45, 7) is 6.54. The van der Waals surface area contributed by atoms with Gasteiger partial charge in [0, 0.05) is 11.3 Å². The van der Waals surface area contributed by atoms with Gasteiger partial charge in [-0.3, -0.25) is 14.5 Å². The zero-order valence-electron chi connectivity index (χ0n) is 20.4. The van der Waals surface area contributed by atoms with Gasteiger partial charge >= 0.3 is 0 Å². The largest absolute Gasteiger partial charge is 0.507 e. The van der Waals surface area contributed by atoms with Crippen molar-refractivity contribution in [3.05, 3.63) is 94.6 Å². The second-order valence-corrected chi connectivity index (χ2v) is 8.58. The molecule has 1 aliphatic rings.